The van der Waals surface area contributed by atoms with Gasteiger partial charge in [-0.1, -0.05) is 278 Å². The summed E-state index contributed by atoms with van der Waals surface area (Å²) in [6.45, 7) is 7.71. The molecule has 0 radical (unpaired) electrons. The fourth-order valence-electron chi connectivity index (χ4n) is 8.01. The van der Waals surface area contributed by atoms with E-state index in [0.717, 1.165) is 38.5 Å². The summed E-state index contributed by atoms with van der Waals surface area (Å²) >= 11 is 0. The molecule has 0 aromatic carbocycles. The highest BCUT2D eigenvalue weighted by Crippen LogP contribution is 2.19. The van der Waals surface area contributed by atoms with Crippen molar-refractivity contribution in [2.45, 2.75) is 297 Å². The fourth-order valence-corrected chi connectivity index (χ4v) is 8.01. The second-order valence-corrected chi connectivity index (χ2v) is 17.5. The second kappa shape index (κ2) is 47.3. The number of ether oxygens (including phenoxy) is 2. The van der Waals surface area contributed by atoms with E-state index >= 15 is 0 Å². The molecule has 0 rings (SSSR count). The molecule has 0 saturated heterocycles. The first-order chi connectivity index (χ1) is 27.2. The molecule has 0 aliphatic heterocycles. The number of unbranched alkanes of at least 4 members (excludes halogenated alkanes) is 39. The third-order valence-corrected chi connectivity index (χ3v) is 11.9. The van der Waals surface area contributed by atoms with Gasteiger partial charge in [-0.15, -0.1) is 0 Å². The lowest BCUT2D eigenvalue weighted by atomic mass is 9.99. The molecule has 0 aromatic rings. The molecule has 0 fully saturated rings. The number of esters is 2. The zero-order valence-corrected chi connectivity index (χ0v) is 38.0. The number of hydrogen-bond acceptors (Lipinski definition) is 4. The summed E-state index contributed by atoms with van der Waals surface area (Å²) in [5.41, 5.74) is 0. The van der Waals surface area contributed by atoms with Crippen molar-refractivity contribution in [3.63, 3.8) is 0 Å². The third-order valence-electron chi connectivity index (χ3n) is 11.9. The van der Waals surface area contributed by atoms with Crippen LogP contribution in [0.5, 0.6) is 0 Å². The molecule has 0 amide bonds. The van der Waals surface area contributed by atoms with E-state index in [9.17, 15) is 9.59 Å². The summed E-state index contributed by atoms with van der Waals surface area (Å²) in [7, 11) is 0. The van der Waals surface area contributed by atoms with Gasteiger partial charge in [-0.05, 0) is 19.3 Å². The molecule has 0 bridgehead atoms. The topological polar surface area (TPSA) is 52.6 Å². The van der Waals surface area contributed by atoms with E-state index in [4.69, 9.17) is 9.47 Å². The Morgan fingerprint density at radius 1 is 0.273 bits per heavy atom. The van der Waals surface area contributed by atoms with Gasteiger partial charge in [0.1, 0.15) is 0 Å². The van der Waals surface area contributed by atoms with Crippen LogP contribution >= 0.6 is 0 Å². The van der Waals surface area contributed by atoms with Gasteiger partial charge in [0.15, 0.2) is 5.92 Å². The van der Waals surface area contributed by atoms with Crippen molar-refractivity contribution in [2.24, 2.45) is 5.92 Å². The Balaban J connectivity index is 4.21. The quantitative estimate of drug-likeness (QED) is 0.0351. The number of carbonyl (C=O) groups is 2. The normalized spacial score (nSPS) is 11.5. The van der Waals surface area contributed by atoms with E-state index in [-0.39, 0.29) is 11.9 Å². The second-order valence-electron chi connectivity index (χ2n) is 17.5. The van der Waals surface area contributed by atoms with Crippen molar-refractivity contribution in [3.05, 3.63) is 0 Å². The van der Waals surface area contributed by atoms with Crippen LogP contribution in [0.25, 0.3) is 0 Å². The van der Waals surface area contributed by atoms with Crippen molar-refractivity contribution in [1.29, 1.82) is 0 Å². The summed E-state index contributed by atoms with van der Waals surface area (Å²) in [6, 6.07) is 0. The monoisotopic (exact) mass is 777 g/mol. The van der Waals surface area contributed by atoms with Crippen LogP contribution in [0.1, 0.15) is 297 Å². The zero-order valence-electron chi connectivity index (χ0n) is 38.0. The average Bonchev–Trinajstić information content (AvgIpc) is 3.19. The van der Waals surface area contributed by atoms with Crippen molar-refractivity contribution in [2.75, 3.05) is 13.2 Å². The van der Waals surface area contributed by atoms with Crippen LogP contribution in [0.4, 0.5) is 0 Å². The highest BCUT2D eigenvalue weighted by molar-refractivity contribution is 5.94. The van der Waals surface area contributed by atoms with Crippen LogP contribution in [0.3, 0.4) is 0 Å². The van der Waals surface area contributed by atoms with Gasteiger partial charge in [-0.3, -0.25) is 9.59 Å². The van der Waals surface area contributed by atoms with Gasteiger partial charge < -0.3 is 9.47 Å². The fraction of sp³-hybridized carbons (Fsp3) is 0.961. The maximum Gasteiger partial charge on any atom is 0.320 e. The van der Waals surface area contributed by atoms with Crippen LogP contribution in [0.2, 0.25) is 0 Å². The molecule has 0 atom stereocenters. The first-order valence-corrected chi connectivity index (χ1v) is 25.5. The van der Waals surface area contributed by atoms with E-state index < -0.39 is 5.92 Å². The van der Waals surface area contributed by atoms with Gasteiger partial charge in [-0.25, -0.2) is 0 Å². The van der Waals surface area contributed by atoms with Gasteiger partial charge in [0, 0.05) is 0 Å². The molecule has 0 aliphatic carbocycles. The number of hydrogen-bond donors (Lipinski definition) is 0. The standard InChI is InChI=1S/C51H100O4/c1-4-7-10-13-16-19-22-25-28-31-34-37-40-43-46-49(50(52)54-47-44-41-38-35-32-29-26-23-20-17-14-11-8-5-2)51(53)55-48-45-42-39-36-33-30-27-24-21-18-15-12-9-6-3/h49H,4-48H2,1-3H3. The van der Waals surface area contributed by atoms with Crippen molar-refractivity contribution in [3.8, 4) is 0 Å². The lowest BCUT2D eigenvalue weighted by Crippen LogP contribution is -2.28. The maximum absolute atomic E-state index is 13.1. The zero-order chi connectivity index (χ0) is 40.0. The predicted molar refractivity (Wildman–Crippen MR) is 241 cm³/mol. The Kier molecular flexibility index (Phi) is 46.4. The summed E-state index contributed by atoms with van der Waals surface area (Å²) in [4.78, 5) is 26.2. The first-order valence-electron chi connectivity index (χ1n) is 25.5. The summed E-state index contributed by atoms with van der Waals surface area (Å²) < 4.78 is 11.4. The SMILES string of the molecule is CCCCCCCCCCCCCCCCOC(=O)C(CCCCCCCCCCCCCCCC)C(=O)OCCCCCCCCCCCCCCCC. The molecule has 0 saturated carbocycles. The molecule has 0 spiro atoms. The van der Waals surface area contributed by atoms with Gasteiger partial charge in [0.05, 0.1) is 13.2 Å². The number of carbonyl (C=O) groups excluding carboxylic acids is 2. The Bertz CT molecular complexity index is 705. The van der Waals surface area contributed by atoms with E-state index in [2.05, 4.69) is 20.8 Å². The molecule has 0 aliphatic rings. The summed E-state index contributed by atoms with van der Waals surface area (Å²) in [5.74, 6) is -1.46. The van der Waals surface area contributed by atoms with Gasteiger partial charge >= 0.3 is 11.9 Å². The predicted octanol–water partition coefficient (Wildman–Crippen LogP) is 17.5. The Labute approximate surface area is 346 Å². The smallest absolute Gasteiger partial charge is 0.320 e. The molecule has 328 valence electrons. The minimum Gasteiger partial charge on any atom is -0.465 e. The average molecular weight is 777 g/mol. The molecule has 0 N–H and O–H groups in total. The van der Waals surface area contributed by atoms with Crippen molar-refractivity contribution in [1.82, 2.24) is 0 Å². The molecule has 55 heavy (non-hydrogen) atoms. The molecule has 4 heteroatoms. The van der Waals surface area contributed by atoms with Gasteiger partial charge in [0.25, 0.3) is 0 Å². The molecule has 0 heterocycles. The van der Waals surface area contributed by atoms with Crippen LogP contribution in [-0.4, -0.2) is 25.2 Å². The Hall–Kier alpha value is -1.06. The van der Waals surface area contributed by atoms with Gasteiger partial charge in [0.2, 0.25) is 0 Å². The maximum atomic E-state index is 13.1. The Morgan fingerprint density at radius 2 is 0.455 bits per heavy atom. The van der Waals surface area contributed by atoms with E-state index in [1.54, 1.807) is 0 Å². The molecule has 0 aromatic heterocycles. The van der Waals surface area contributed by atoms with Crippen LogP contribution < -0.4 is 0 Å². The lowest BCUT2D eigenvalue weighted by Gasteiger charge is -2.15. The lowest BCUT2D eigenvalue weighted by molar-refractivity contribution is -0.162. The van der Waals surface area contributed by atoms with Crippen LogP contribution in [0, 0.1) is 5.92 Å². The highest BCUT2D eigenvalue weighted by atomic mass is 16.6. The third kappa shape index (κ3) is 42.4. The summed E-state index contributed by atoms with van der Waals surface area (Å²) in [6.07, 6.45) is 55.3. The van der Waals surface area contributed by atoms with Crippen LogP contribution in [-0.2, 0) is 19.1 Å². The molecular formula is C51H100O4. The van der Waals surface area contributed by atoms with E-state index in [1.165, 1.54) is 231 Å². The molecule has 0 unspecified atom stereocenters. The Morgan fingerprint density at radius 3 is 0.673 bits per heavy atom. The summed E-state index contributed by atoms with van der Waals surface area (Å²) in [5, 5.41) is 0. The molecule has 4 nitrogen and oxygen atoms in total. The highest BCUT2D eigenvalue weighted by Gasteiger charge is 2.29. The largest absolute Gasteiger partial charge is 0.465 e. The van der Waals surface area contributed by atoms with Gasteiger partial charge in [-0.2, -0.15) is 0 Å². The van der Waals surface area contributed by atoms with E-state index in [1.807, 2.05) is 0 Å². The van der Waals surface area contributed by atoms with E-state index in [0.29, 0.717) is 19.6 Å². The minimum absolute atomic E-state index is 0.352. The first kappa shape index (κ1) is 53.9. The van der Waals surface area contributed by atoms with Crippen molar-refractivity contribution >= 4 is 11.9 Å². The minimum atomic E-state index is -0.754. The van der Waals surface area contributed by atoms with Crippen LogP contribution in [0.15, 0.2) is 0 Å². The molecular weight excluding hydrogens is 677 g/mol. The number of rotatable bonds is 47. The van der Waals surface area contributed by atoms with Crippen molar-refractivity contribution < 1.29 is 19.1 Å².